The van der Waals surface area contributed by atoms with Gasteiger partial charge in [-0.05, 0) is 70.1 Å². The molecule has 1 aromatic carbocycles. The van der Waals surface area contributed by atoms with Gasteiger partial charge in [0.05, 0.1) is 41.1 Å². The van der Waals surface area contributed by atoms with Crippen molar-refractivity contribution in [2.45, 2.75) is 63.4 Å². The number of nitrogens with one attached hydrogen (secondary N) is 1. The van der Waals surface area contributed by atoms with Crippen molar-refractivity contribution in [3.63, 3.8) is 0 Å². The third-order valence-electron chi connectivity index (χ3n) is 8.47. The molecule has 2 saturated heterocycles. The van der Waals surface area contributed by atoms with E-state index in [1.54, 1.807) is 11.8 Å². The summed E-state index contributed by atoms with van der Waals surface area (Å²) >= 11 is 1.35. The van der Waals surface area contributed by atoms with Gasteiger partial charge < -0.3 is 24.4 Å². The highest BCUT2D eigenvalue weighted by Gasteiger charge is 2.34. The van der Waals surface area contributed by atoms with Gasteiger partial charge in [-0.1, -0.05) is 0 Å². The molecule has 5 rings (SSSR count). The van der Waals surface area contributed by atoms with Gasteiger partial charge >= 0.3 is 11.9 Å². The van der Waals surface area contributed by atoms with Crippen LogP contribution in [0.25, 0.3) is 0 Å². The summed E-state index contributed by atoms with van der Waals surface area (Å²) in [5.41, 5.74) is 1.22. The van der Waals surface area contributed by atoms with E-state index < -0.39 is 44.8 Å². The summed E-state index contributed by atoms with van der Waals surface area (Å²) < 4.78 is 43.3. The zero-order chi connectivity index (χ0) is 33.0. The van der Waals surface area contributed by atoms with Crippen molar-refractivity contribution >= 4 is 55.6 Å². The zero-order valence-electron chi connectivity index (χ0n) is 25.8. The molecule has 3 aliphatic rings. The fourth-order valence-corrected chi connectivity index (χ4v) is 8.69. The van der Waals surface area contributed by atoms with Gasteiger partial charge in [0, 0.05) is 37.1 Å². The first-order valence-corrected chi connectivity index (χ1v) is 17.7. The number of thiophene rings is 1. The molecular formula is C30H38N4O10S2. The van der Waals surface area contributed by atoms with E-state index in [1.165, 1.54) is 34.7 Å². The summed E-state index contributed by atoms with van der Waals surface area (Å²) in [7, 11) is -3.92. The van der Waals surface area contributed by atoms with Gasteiger partial charge in [-0.15, -0.1) is 11.3 Å². The van der Waals surface area contributed by atoms with Crippen LogP contribution in [0.3, 0.4) is 0 Å². The number of anilines is 2. The number of fused-ring (bicyclic) bond motifs is 1. The number of morpholine rings is 1. The molecule has 2 aliphatic heterocycles. The molecule has 0 spiro atoms. The van der Waals surface area contributed by atoms with Crippen molar-refractivity contribution in [3.8, 4) is 0 Å². The maximum absolute atomic E-state index is 13.1. The van der Waals surface area contributed by atoms with Crippen LogP contribution in [-0.4, -0.2) is 87.6 Å². The zero-order valence-corrected chi connectivity index (χ0v) is 27.5. The van der Waals surface area contributed by atoms with Crippen molar-refractivity contribution in [2.75, 3.05) is 56.2 Å². The lowest BCUT2D eigenvalue weighted by Gasteiger charge is -2.32. The number of hydrogen-bond acceptors (Lipinski definition) is 12. The Kier molecular flexibility index (Phi) is 10.6. The predicted molar refractivity (Wildman–Crippen MR) is 169 cm³/mol. The Hall–Kier alpha value is -3.60. The number of nitro groups is 1. The summed E-state index contributed by atoms with van der Waals surface area (Å²) in [5, 5.41) is 15.1. The number of rotatable bonds is 10. The number of carbonyl (C=O) groups excluding carboxylic acids is 3. The number of sulfonamides is 1. The Morgan fingerprint density at radius 1 is 1.13 bits per heavy atom. The number of benzene rings is 1. The molecule has 16 heteroatoms. The summed E-state index contributed by atoms with van der Waals surface area (Å²) in [6.07, 6.45) is 3.04. The van der Waals surface area contributed by atoms with Gasteiger partial charge in [0.15, 0.2) is 6.10 Å². The first-order valence-electron chi connectivity index (χ1n) is 15.5. The van der Waals surface area contributed by atoms with Crippen molar-refractivity contribution in [1.82, 2.24) is 4.31 Å². The van der Waals surface area contributed by atoms with Gasteiger partial charge in [0.2, 0.25) is 10.0 Å². The molecule has 1 aliphatic carbocycles. The predicted octanol–water partition coefficient (Wildman–Crippen LogP) is 3.52. The van der Waals surface area contributed by atoms with E-state index in [9.17, 15) is 32.9 Å². The molecule has 1 atom stereocenters. The Labute approximate surface area is 271 Å². The van der Waals surface area contributed by atoms with Crippen LogP contribution in [0.4, 0.5) is 16.4 Å². The van der Waals surface area contributed by atoms with Gasteiger partial charge in [-0.25, -0.2) is 13.2 Å². The fourth-order valence-electron chi connectivity index (χ4n) is 5.98. The second-order valence-electron chi connectivity index (χ2n) is 11.4. The summed E-state index contributed by atoms with van der Waals surface area (Å²) in [5.74, 6) is -2.13. The molecule has 1 aromatic heterocycles. The number of aryl methyl sites for hydroxylation is 1. The second-order valence-corrected chi connectivity index (χ2v) is 14.4. The van der Waals surface area contributed by atoms with Crippen LogP contribution in [0.2, 0.25) is 0 Å². The van der Waals surface area contributed by atoms with Crippen LogP contribution >= 0.6 is 11.3 Å². The number of hydrogen-bond donors (Lipinski definition) is 1. The number of nitrogens with zero attached hydrogens (tertiary/aromatic N) is 3. The molecule has 46 heavy (non-hydrogen) atoms. The quantitative estimate of drug-likeness (QED) is 0.221. The van der Waals surface area contributed by atoms with E-state index in [0.717, 1.165) is 42.2 Å². The van der Waals surface area contributed by atoms with Gasteiger partial charge in [-0.2, -0.15) is 4.31 Å². The van der Waals surface area contributed by atoms with Crippen molar-refractivity contribution in [2.24, 2.45) is 5.92 Å². The van der Waals surface area contributed by atoms with Crippen molar-refractivity contribution in [3.05, 3.63) is 44.3 Å². The minimum atomic E-state index is -3.92. The van der Waals surface area contributed by atoms with Gasteiger partial charge in [-0.3, -0.25) is 19.7 Å². The van der Waals surface area contributed by atoms with Crippen LogP contribution in [0.1, 0.15) is 60.3 Å². The van der Waals surface area contributed by atoms with Gasteiger partial charge in [0.1, 0.15) is 10.7 Å². The number of piperidine rings is 1. The molecule has 1 unspecified atom stereocenters. The molecule has 0 bridgehead atoms. The Morgan fingerprint density at radius 2 is 1.83 bits per heavy atom. The van der Waals surface area contributed by atoms with Crippen LogP contribution in [-0.2, 0) is 46.7 Å². The molecule has 2 fully saturated rings. The van der Waals surface area contributed by atoms with Crippen molar-refractivity contribution < 1.29 is 41.9 Å². The highest BCUT2D eigenvalue weighted by Crippen LogP contribution is 2.39. The lowest BCUT2D eigenvalue weighted by atomic mass is 9.95. The van der Waals surface area contributed by atoms with E-state index in [-0.39, 0.29) is 49.2 Å². The van der Waals surface area contributed by atoms with Gasteiger partial charge in [0.25, 0.3) is 11.6 Å². The van der Waals surface area contributed by atoms with E-state index in [2.05, 4.69) is 5.32 Å². The Bertz CT molecular complexity index is 1590. The third-order valence-corrected chi connectivity index (χ3v) is 11.6. The lowest BCUT2D eigenvalue weighted by Crippen LogP contribution is -2.40. The molecule has 3 heterocycles. The standard InChI is InChI=1S/C30H38N4O10S2/c1-3-43-30(37)26-22-6-4-5-7-25(22)45-28(26)31-27(35)19(2)44-29(36)20-10-12-32(13-11-20)23-9-8-21(18-24(23)34(38)39)46(40,41)33-14-16-42-17-15-33/h8-9,18-20H,3-7,10-17H2,1-2H3,(H,31,35). The topological polar surface area (TPSA) is 175 Å². The van der Waals surface area contributed by atoms with Crippen LogP contribution < -0.4 is 10.2 Å². The van der Waals surface area contributed by atoms with E-state index in [0.29, 0.717) is 36.5 Å². The maximum Gasteiger partial charge on any atom is 0.341 e. The number of nitro benzene ring substituents is 1. The van der Waals surface area contributed by atoms with Crippen LogP contribution in [0, 0.1) is 16.0 Å². The first kappa shape index (κ1) is 33.8. The fraction of sp³-hybridized carbons (Fsp3) is 0.567. The Balaban J connectivity index is 1.20. The van der Waals surface area contributed by atoms with Crippen molar-refractivity contribution in [1.29, 1.82) is 0 Å². The second kappa shape index (κ2) is 14.4. The highest BCUT2D eigenvalue weighted by atomic mass is 32.2. The highest BCUT2D eigenvalue weighted by molar-refractivity contribution is 7.89. The molecule has 250 valence electrons. The molecule has 14 nitrogen and oxygen atoms in total. The average molecular weight is 679 g/mol. The average Bonchev–Trinajstić information content (AvgIpc) is 3.42. The maximum atomic E-state index is 13.1. The first-order chi connectivity index (χ1) is 22.0. The number of ether oxygens (including phenoxy) is 3. The molecular weight excluding hydrogens is 640 g/mol. The lowest BCUT2D eigenvalue weighted by molar-refractivity contribution is -0.384. The molecule has 1 amide bonds. The van der Waals surface area contributed by atoms with E-state index in [4.69, 9.17) is 14.2 Å². The van der Waals surface area contributed by atoms with Crippen LogP contribution in [0.5, 0.6) is 0 Å². The molecule has 2 aromatic rings. The monoisotopic (exact) mass is 678 g/mol. The minimum Gasteiger partial charge on any atom is -0.462 e. The normalized spacial score (nSPS) is 18.3. The summed E-state index contributed by atoms with van der Waals surface area (Å²) in [6, 6.07) is 3.88. The Morgan fingerprint density at radius 3 is 2.50 bits per heavy atom. The number of carbonyl (C=O) groups is 3. The number of amides is 1. The molecule has 1 N–H and O–H groups in total. The smallest absolute Gasteiger partial charge is 0.341 e. The largest absolute Gasteiger partial charge is 0.462 e. The molecule has 0 saturated carbocycles. The van der Waals surface area contributed by atoms with Crippen LogP contribution in [0.15, 0.2) is 23.1 Å². The summed E-state index contributed by atoms with van der Waals surface area (Å²) in [4.78, 5) is 52.8. The summed E-state index contributed by atoms with van der Waals surface area (Å²) in [6.45, 7) is 4.84. The van der Waals surface area contributed by atoms with E-state index >= 15 is 0 Å². The third kappa shape index (κ3) is 7.19. The minimum absolute atomic E-state index is 0.160. The SMILES string of the molecule is CCOC(=O)c1c(NC(=O)C(C)OC(=O)C2CCN(c3ccc(S(=O)(=O)N4CCOCC4)cc3[N+](=O)[O-])CC2)sc2c1CCCC2. The van der Waals surface area contributed by atoms with E-state index in [1.807, 2.05) is 0 Å². The molecule has 0 radical (unpaired) electrons. The number of esters is 2.